The van der Waals surface area contributed by atoms with E-state index in [0.29, 0.717) is 50.1 Å². The zero-order valence-electron chi connectivity index (χ0n) is 31.4. The number of amides is 1. The first-order chi connectivity index (χ1) is 27.6. The summed E-state index contributed by atoms with van der Waals surface area (Å²) in [5, 5.41) is 11.5. The molecule has 6 heterocycles. The van der Waals surface area contributed by atoms with Crippen LogP contribution in [0, 0.1) is 29.9 Å². The van der Waals surface area contributed by atoms with E-state index in [1.807, 2.05) is 4.90 Å². The number of fused-ring (bicyclic) bond motifs is 5. The minimum absolute atomic E-state index is 0.0782. The van der Waals surface area contributed by atoms with Gasteiger partial charge in [-0.25, -0.2) is 18.0 Å². The average molecular weight is 785 g/mol. The number of benzene rings is 2. The van der Waals surface area contributed by atoms with Crippen molar-refractivity contribution in [3.05, 3.63) is 47.7 Å². The van der Waals surface area contributed by atoms with E-state index < -0.39 is 36.2 Å². The van der Waals surface area contributed by atoms with Crippen LogP contribution in [0.2, 0.25) is 0 Å². The lowest BCUT2D eigenvalue weighted by Gasteiger charge is -2.41. The highest BCUT2D eigenvalue weighted by atomic mass is 19.1. The molecule has 2 aromatic carbocycles. The fourth-order valence-corrected chi connectivity index (χ4v) is 9.96. The first kappa shape index (κ1) is 37.2. The van der Waals surface area contributed by atoms with E-state index in [9.17, 15) is 23.5 Å². The Morgan fingerprint density at radius 2 is 1.79 bits per heavy atom. The monoisotopic (exact) mass is 784 g/mol. The minimum atomic E-state index is -0.981. The maximum absolute atomic E-state index is 17.1. The molecule has 1 aliphatic carbocycles. The van der Waals surface area contributed by atoms with Gasteiger partial charge in [-0.15, -0.1) is 6.42 Å². The van der Waals surface area contributed by atoms with Crippen molar-refractivity contribution >= 4 is 39.6 Å². The summed E-state index contributed by atoms with van der Waals surface area (Å²) in [6.07, 6.45) is 13.5. The van der Waals surface area contributed by atoms with Gasteiger partial charge in [0.2, 0.25) is 6.79 Å². The lowest BCUT2D eigenvalue weighted by Crippen LogP contribution is -2.56. The number of ether oxygens (including phenoxy) is 3. The molecule has 57 heavy (non-hydrogen) atoms. The van der Waals surface area contributed by atoms with Crippen LogP contribution in [0.5, 0.6) is 11.8 Å². The number of hydrogen-bond acceptors (Lipinski definition) is 11. The number of aromatic nitrogens is 3. The van der Waals surface area contributed by atoms with Gasteiger partial charge >= 0.3 is 18.1 Å². The molecule has 15 heteroatoms. The van der Waals surface area contributed by atoms with E-state index in [1.165, 1.54) is 30.5 Å². The summed E-state index contributed by atoms with van der Waals surface area (Å²) in [6, 6.07) is 4.67. The zero-order valence-corrected chi connectivity index (χ0v) is 31.4. The van der Waals surface area contributed by atoms with Gasteiger partial charge in [0.05, 0.1) is 34.5 Å². The molecule has 1 N–H and O–H groups in total. The predicted molar refractivity (Wildman–Crippen MR) is 203 cm³/mol. The number of halogens is 3. The molecule has 12 nitrogen and oxygen atoms in total. The van der Waals surface area contributed by atoms with E-state index >= 15 is 4.39 Å². The Morgan fingerprint density at radius 1 is 1.00 bits per heavy atom. The van der Waals surface area contributed by atoms with Crippen LogP contribution in [0.25, 0.3) is 32.9 Å². The van der Waals surface area contributed by atoms with Crippen molar-refractivity contribution in [2.45, 2.75) is 88.0 Å². The molecule has 298 valence electrons. The van der Waals surface area contributed by atoms with Crippen molar-refractivity contribution in [2.24, 2.45) is 5.92 Å². The van der Waals surface area contributed by atoms with Crippen LogP contribution >= 0.6 is 0 Å². The van der Waals surface area contributed by atoms with Crippen molar-refractivity contribution < 1.29 is 42.1 Å². The van der Waals surface area contributed by atoms with E-state index in [4.69, 9.17) is 25.6 Å². The highest BCUT2D eigenvalue weighted by Gasteiger charge is 2.50. The number of carbonyl (C=O) groups is 2. The van der Waals surface area contributed by atoms with Gasteiger partial charge in [0, 0.05) is 43.2 Å². The Hall–Kier alpha value is -5.36. The number of hydrogen-bond donors (Lipinski definition) is 1. The average Bonchev–Trinajstić information content (AvgIpc) is 3.83. The predicted octanol–water partition coefficient (Wildman–Crippen LogP) is 6.64. The van der Waals surface area contributed by atoms with Crippen LogP contribution < -0.4 is 9.64 Å². The highest BCUT2D eigenvalue weighted by Crippen LogP contribution is 2.43. The second-order valence-corrected chi connectivity index (χ2v) is 16.1. The molecule has 2 bridgehead atoms. The van der Waals surface area contributed by atoms with E-state index in [-0.39, 0.29) is 75.4 Å². The quantitative estimate of drug-likeness (QED) is 0.117. The number of piperazine rings is 1. The summed E-state index contributed by atoms with van der Waals surface area (Å²) < 4.78 is 63.8. The second-order valence-electron chi connectivity index (χ2n) is 16.1. The van der Waals surface area contributed by atoms with E-state index in [2.05, 4.69) is 20.8 Å². The van der Waals surface area contributed by atoms with Crippen molar-refractivity contribution in [2.75, 3.05) is 44.5 Å². The van der Waals surface area contributed by atoms with Crippen LogP contribution in [-0.2, 0) is 14.3 Å². The second kappa shape index (κ2) is 14.9. The number of nitrogens with zero attached hydrogens (tertiary/aromatic N) is 6. The molecular formula is C42H43F3N6O6. The van der Waals surface area contributed by atoms with Gasteiger partial charge in [0.15, 0.2) is 5.82 Å². The van der Waals surface area contributed by atoms with E-state index in [0.717, 1.165) is 51.5 Å². The maximum atomic E-state index is 17.1. The fraction of sp³-hybridized carbons (Fsp3) is 0.500. The SMILES string of the molecule is C#Cc1c(F)ccc2cc(O)cc(-c3ncc4c(N5CC6CCC(C5)N6C(=O)OCOC(=O)C5CCCCC5)nc(OC[C@@]56CCCN5C[C@H](F)C6)nc4c3F)c12. The van der Waals surface area contributed by atoms with Crippen LogP contribution in [0.3, 0.4) is 0 Å². The molecule has 0 spiro atoms. The Bertz CT molecular complexity index is 2290. The number of phenols is 1. The van der Waals surface area contributed by atoms with Crippen LogP contribution in [-0.4, -0.2) is 105 Å². The number of phenolic OH excluding ortho intramolecular Hbond substituents is 1. The summed E-state index contributed by atoms with van der Waals surface area (Å²) in [5.41, 5.74) is -0.886. The van der Waals surface area contributed by atoms with Crippen molar-refractivity contribution in [3.8, 4) is 35.4 Å². The normalized spacial score (nSPS) is 24.8. The van der Waals surface area contributed by atoms with Crippen molar-refractivity contribution in [1.29, 1.82) is 0 Å². The smallest absolute Gasteiger partial charge is 0.413 e. The van der Waals surface area contributed by atoms with Crippen molar-refractivity contribution in [3.63, 3.8) is 0 Å². The van der Waals surface area contributed by atoms with Crippen LogP contribution in [0.4, 0.5) is 23.8 Å². The molecule has 5 aliphatic rings. The van der Waals surface area contributed by atoms with Gasteiger partial charge in [0.25, 0.3) is 0 Å². The molecule has 9 rings (SSSR count). The number of terminal acetylenes is 1. The Labute approximate surface area is 327 Å². The lowest BCUT2D eigenvalue weighted by molar-refractivity contribution is -0.158. The summed E-state index contributed by atoms with van der Waals surface area (Å²) in [6.45, 7) is 1.39. The number of alkyl halides is 1. The van der Waals surface area contributed by atoms with Gasteiger partial charge in [-0.1, -0.05) is 31.2 Å². The molecule has 5 fully saturated rings. The lowest BCUT2D eigenvalue weighted by atomic mass is 9.89. The van der Waals surface area contributed by atoms with E-state index in [1.54, 1.807) is 4.90 Å². The molecule has 2 aromatic heterocycles. The number of carbonyl (C=O) groups excluding carboxylic acids is 2. The Kier molecular flexibility index (Phi) is 9.71. The summed E-state index contributed by atoms with van der Waals surface area (Å²) >= 11 is 0. The largest absolute Gasteiger partial charge is 0.508 e. The van der Waals surface area contributed by atoms with Crippen LogP contribution in [0.15, 0.2) is 30.5 Å². The summed E-state index contributed by atoms with van der Waals surface area (Å²) in [4.78, 5) is 45.5. The molecule has 1 amide bonds. The van der Waals surface area contributed by atoms with Gasteiger partial charge in [-0.05, 0) is 68.7 Å². The topological polar surface area (TPSA) is 130 Å². The molecular weight excluding hydrogens is 741 g/mol. The molecule has 4 aromatic rings. The van der Waals surface area contributed by atoms with Gasteiger partial charge in [0.1, 0.15) is 41.4 Å². The first-order valence-electron chi connectivity index (χ1n) is 19.8. The van der Waals surface area contributed by atoms with Crippen molar-refractivity contribution in [1.82, 2.24) is 24.8 Å². The number of esters is 1. The highest BCUT2D eigenvalue weighted by molar-refractivity contribution is 6.03. The molecule has 0 radical (unpaired) electrons. The molecule has 2 unspecified atom stereocenters. The van der Waals surface area contributed by atoms with Gasteiger partial charge < -0.3 is 24.2 Å². The molecule has 4 atom stereocenters. The molecule has 4 aliphatic heterocycles. The third kappa shape index (κ3) is 6.71. The third-order valence-electron chi connectivity index (χ3n) is 12.6. The Morgan fingerprint density at radius 3 is 2.56 bits per heavy atom. The molecule has 4 saturated heterocycles. The maximum Gasteiger partial charge on any atom is 0.413 e. The number of aromatic hydroxyl groups is 1. The summed E-state index contributed by atoms with van der Waals surface area (Å²) in [7, 11) is 0. The molecule has 1 saturated carbocycles. The number of anilines is 1. The third-order valence-corrected chi connectivity index (χ3v) is 12.6. The summed E-state index contributed by atoms with van der Waals surface area (Å²) in [5.74, 6) is 0.450. The Balaban J connectivity index is 1.04. The standard InChI is InChI=1S/C42H43F3N6O6/c1-2-30-33(44)12-9-25-15-29(52)16-31(34(25)30)36-35(45)37-32(18-46-36)38(48-40(47-37)55-22-42-13-6-14-50(42)19-26(43)17-42)49-20-27-10-11-28(21-49)51(27)41(54)57-23-56-39(53)24-7-4-3-5-8-24/h1,9,12,15-16,18,24,26-28,52H,3-8,10-11,13-14,17,19-23H2/t26-,27?,28?,42+/m1/s1. The fourth-order valence-electron chi connectivity index (χ4n) is 9.96. The van der Waals surface area contributed by atoms with Gasteiger partial charge in [-0.2, -0.15) is 9.97 Å². The van der Waals surface area contributed by atoms with Crippen LogP contribution in [0.1, 0.15) is 69.8 Å². The number of pyridine rings is 1. The number of rotatable bonds is 8. The zero-order chi connectivity index (χ0) is 39.4. The minimum Gasteiger partial charge on any atom is -0.508 e. The first-order valence-corrected chi connectivity index (χ1v) is 19.8. The van der Waals surface area contributed by atoms with Gasteiger partial charge in [-0.3, -0.25) is 19.6 Å².